The second-order valence-corrected chi connectivity index (χ2v) is 7.36. The van der Waals surface area contributed by atoms with Crippen molar-refractivity contribution in [3.63, 3.8) is 0 Å². The monoisotopic (exact) mass is 430 g/mol. The van der Waals surface area contributed by atoms with Crippen molar-refractivity contribution < 1.29 is 23.9 Å². The highest BCUT2D eigenvalue weighted by molar-refractivity contribution is 9.10. The van der Waals surface area contributed by atoms with Crippen LogP contribution in [0.3, 0.4) is 0 Å². The van der Waals surface area contributed by atoms with E-state index >= 15 is 0 Å². The van der Waals surface area contributed by atoms with Gasteiger partial charge in [0.1, 0.15) is 5.54 Å². The van der Waals surface area contributed by atoms with Crippen LogP contribution >= 0.6 is 15.9 Å². The zero-order valence-corrected chi connectivity index (χ0v) is 15.9. The second kappa shape index (κ2) is 6.38. The van der Waals surface area contributed by atoms with Gasteiger partial charge in [0.15, 0.2) is 17.3 Å². The van der Waals surface area contributed by atoms with Gasteiger partial charge in [0, 0.05) is 10.0 Å². The van der Waals surface area contributed by atoms with Crippen LogP contribution in [-0.4, -0.2) is 36.0 Å². The normalized spacial score (nSPS) is 20.7. The summed E-state index contributed by atoms with van der Waals surface area (Å²) in [6.45, 7) is 1.37. The number of fused-ring (bicyclic) bond motifs is 1. The van der Waals surface area contributed by atoms with Gasteiger partial charge in [0.05, 0.1) is 6.54 Å². The van der Waals surface area contributed by atoms with Gasteiger partial charge in [-0.3, -0.25) is 14.5 Å². The summed E-state index contributed by atoms with van der Waals surface area (Å²) >= 11 is 3.37. The molecule has 7 nitrogen and oxygen atoms in total. The Kier molecular flexibility index (Phi) is 4.15. The van der Waals surface area contributed by atoms with Gasteiger partial charge >= 0.3 is 6.03 Å². The topological polar surface area (TPSA) is 84.9 Å². The fourth-order valence-electron chi connectivity index (χ4n) is 3.14. The van der Waals surface area contributed by atoms with Gasteiger partial charge < -0.3 is 14.8 Å². The molecule has 0 aliphatic carbocycles. The van der Waals surface area contributed by atoms with Gasteiger partial charge in [-0.05, 0) is 42.8 Å². The van der Waals surface area contributed by atoms with E-state index in [2.05, 4.69) is 21.2 Å². The first-order valence-corrected chi connectivity index (χ1v) is 9.01. The van der Waals surface area contributed by atoms with E-state index in [1.54, 1.807) is 43.3 Å². The first kappa shape index (κ1) is 17.5. The van der Waals surface area contributed by atoms with Crippen LogP contribution in [-0.2, 0) is 10.3 Å². The molecule has 1 saturated heterocycles. The highest BCUT2D eigenvalue weighted by Gasteiger charge is 2.49. The van der Waals surface area contributed by atoms with Gasteiger partial charge in [0.25, 0.3) is 5.91 Å². The van der Waals surface area contributed by atoms with Gasteiger partial charge in [-0.15, -0.1) is 0 Å². The Balaban J connectivity index is 1.57. The van der Waals surface area contributed by atoms with E-state index in [1.165, 1.54) is 0 Å². The molecule has 2 aromatic carbocycles. The fourth-order valence-corrected chi connectivity index (χ4v) is 3.54. The third-order valence-corrected chi connectivity index (χ3v) is 5.17. The lowest BCUT2D eigenvalue weighted by molar-refractivity contribution is -0.130. The molecule has 8 heteroatoms. The minimum Gasteiger partial charge on any atom is -0.454 e. The Morgan fingerprint density at radius 2 is 1.96 bits per heavy atom. The van der Waals surface area contributed by atoms with Crippen molar-refractivity contribution in [3.05, 3.63) is 58.1 Å². The highest BCUT2D eigenvalue weighted by Crippen LogP contribution is 2.33. The zero-order valence-electron chi connectivity index (χ0n) is 14.3. The summed E-state index contributed by atoms with van der Waals surface area (Å²) in [7, 11) is 0. The van der Waals surface area contributed by atoms with E-state index in [1.807, 2.05) is 6.07 Å². The number of hydrogen-bond acceptors (Lipinski definition) is 5. The third-order valence-electron chi connectivity index (χ3n) is 4.67. The largest absolute Gasteiger partial charge is 0.454 e. The van der Waals surface area contributed by atoms with Gasteiger partial charge in [0.2, 0.25) is 6.79 Å². The minimum absolute atomic E-state index is 0.102. The van der Waals surface area contributed by atoms with Crippen LogP contribution in [0, 0.1) is 0 Å². The molecule has 0 unspecified atom stereocenters. The number of imide groups is 1. The van der Waals surface area contributed by atoms with Crippen molar-refractivity contribution in [2.45, 2.75) is 12.5 Å². The summed E-state index contributed by atoms with van der Waals surface area (Å²) in [6.07, 6.45) is 0. The van der Waals surface area contributed by atoms with E-state index in [4.69, 9.17) is 9.47 Å². The van der Waals surface area contributed by atoms with Crippen LogP contribution in [0.15, 0.2) is 46.9 Å². The fraction of sp³-hybridized carbons (Fsp3) is 0.211. The number of carbonyl (C=O) groups excluding carboxylic acids is 3. The molecule has 0 spiro atoms. The van der Waals surface area contributed by atoms with Gasteiger partial charge in [-0.25, -0.2) is 4.79 Å². The maximum absolute atomic E-state index is 12.9. The average Bonchev–Trinajstić information content (AvgIpc) is 3.20. The van der Waals surface area contributed by atoms with Crippen LogP contribution in [0.5, 0.6) is 11.5 Å². The predicted octanol–water partition coefficient (Wildman–Crippen LogP) is 2.83. The van der Waals surface area contributed by atoms with Crippen LogP contribution in [0.25, 0.3) is 0 Å². The second-order valence-electron chi connectivity index (χ2n) is 6.45. The summed E-state index contributed by atoms with van der Waals surface area (Å²) in [6, 6.07) is 11.3. The SMILES string of the molecule is C[C@]1(c2cccc(Br)c2)NC(=O)N(CC(=O)c2ccc3c(c2)OCO3)C1=O. The summed E-state index contributed by atoms with van der Waals surface area (Å²) in [5.74, 6) is 0.191. The number of Topliss-reactive ketones (excluding diaryl/α,β-unsaturated/α-hetero) is 1. The third kappa shape index (κ3) is 2.95. The first-order valence-electron chi connectivity index (χ1n) is 8.21. The Bertz CT molecular complexity index is 976. The van der Waals surface area contributed by atoms with Crippen LogP contribution < -0.4 is 14.8 Å². The number of hydrogen-bond donors (Lipinski definition) is 1. The molecule has 2 aromatic rings. The van der Waals surface area contributed by atoms with E-state index in [9.17, 15) is 14.4 Å². The summed E-state index contributed by atoms with van der Waals surface area (Å²) < 4.78 is 11.3. The standard InChI is InChI=1S/C19H15BrN2O5/c1-19(12-3-2-4-13(20)8-12)17(24)22(18(25)21-19)9-14(23)11-5-6-15-16(7-11)27-10-26-15/h2-8H,9-10H2,1H3,(H,21,25)/t19-/m1/s1. The first-order chi connectivity index (χ1) is 12.9. The molecular weight excluding hydrogens is 416 g/mol. The number of rotatable bonds is 4. The number of nitrogens with one attached hydrogen (secondary N) is 1. The molecule has 3 amide bonds. The molecule has 1 fully saturated rings. The van der Waals surface area contributed by atoms with Crippen LogP contribution in [0.4, 0.5) is 4.79 Å². The van der Waals surface area contributed by atoms with Crippen molar-refractivity contribution in [3.8, 4) is 11.5 Å². The van der Waals surface area contributed by atoms with Crippen LogP contribution in [0.2, 0.25) is 0 Å². The number of ketones is 1. The van der Waals surface area contributed by atoms with E-state index in [0.29, 0.717) is 22.6 Å². The van der Waals surface area contributed by atoms with Crippen molar-refractivity contribution >= 4 is 33.7 Å². The van der Waals surface area contributed by atoms with E-state index in [-0.39, 0.29) is 19.1 Å². The number of nitrogens with zero attached hydrogens (tertiary/aromatic N) is 1. The Morgan fingerprint density at radius 3 is 2.74 bits per heavy atom. The molecule has 0 aromatic heterocycles. The molecular formula is C19H15BrN2O5. The Labute approximate surface area is 163 Å². The van der Waals surface area contributed by atoms with Gasteiger partial charge in [-0.1, -0.05) is 28.1 Å². The Hall–Kier alpha value is -2.87. The molecule has 0 radical (unpaired) electrons. The quantitative estimate of drug-likeness (QED) is 0.595. The molecule has 2 aliphatic rings. The lowest BCUT2D eigenvalue weighted by Gasteiger charge is -2.22. The number of halogens is 1. The highest BCUT2D eigenvalue weighted by atomic mass is 79.9. The van der Waals surface area contributed by atoms with Crippen molar-refractivity contribution in [2.75, 3.05) is 13.3 Å². The molecule has 2 heterocycles. The van der Waals surface area contributed by atoms with Crippen molar-refractivity contribution in [1.29, 1.82) is 0 Å². The summed E-state index contributed by atoms with van der Waals surface area (Å²) in [4.78, 5) is 38.9. The molecule has 0 saturated carbocycles. The minimum atomic E-state index is -1.23. The maximum atomic E-state index is 12.9. The van der Waals surface area contributed by atoms with E-state index in [0.717, 1.165) is 9.37 Å². The summed E-state index contributed by atoms with van der Waals surface area (Å²) in [5, 5.41) is 2.69. The predicted molar refractivity (Wildman–Crippen MR) is 98.6 cm³/mol. The van der Waals surface area contributed by atoms with Crippen molar-refractivity contribution in [1.82, 2.24) is 10.2 Å². The number of urea groups is 1. The molecule has 4 rings (SSSR count). The number of benzene rings is 2. The lowest BCUT2D eigenvalue weighted by Crippen LogP contribution is -2.41. The number of carbonyl (C=O) groups is 3. The molecule has 2 aliphatic heterocycles. The molecule has 1 N–H and O–H groups in total. The average molecular weight is 431 g/mol. The molecule has 0 bridgehead atoms. The molecule has 1 atom stereocenters. The van der Waals surface area contributed by atoms with Gasteiger partial charge in [-0.2, -0.15) is 0 Å². The lowest BCUT2D eigenvalue weighted by atomic mass is 9.92. The molecule has 138 valence electrons. The zero-order chi connectivity index (χ0) is 19.2. The number of amides is 3. The summed E-state index contributed by atoms with van der Waals surface area (Å²) in [5.41, 5.74) is -0.250. The Morgan fingerprint density at radius 1 is 1.19 bits per heavy atom. The van der Waals surface area contributed by atoms with Crippen molar-refractivity contribution in [2.24, 2.45) is 0 Å². The van der Waals surface area contributed by atoms with Crippen LogP contribution in [0.1, 0.15) is 22.8 Å². The molecule has 27 heavy (non-hydrogen) atoms. The number of ether oxygens (including phenoxy) is 2. The van der Waals surface area contributed by atoms with E-state index < -0.39 is 17.5 Å². The smallest absolute Gasteiger partial charge is 0.325 e. The maximum Gasteiger partial charge on any atom is 0.325 e.